The molecule has 8 nitrogen and oxygen atoms in total. The number of nitrogens with zero attached hydrogens (tertiary/aromatic N) is 4. The number of aromatic nitrogens is 2. The van der Waals surface area contributed by atoms with E-state index in [9.17, 15) is 9.59 Å². The number of aromatic amines is 1. The third-order valence-corrected chi connectivity index (χ3v) is 10.0. The van der Waals surface area contributed by atoms with Crippen LogP contribution in [0.4, 0.5) is 11.5 Å². The zero-order valence-corrected chi connectivity index (χ0v) is 31.7. The SMILES string of the molecule is C=CN(/C(=C(\C)c1ccccc1)c1c(C(=O)Nc2cccnc2N2CCN(C(=O)C(C)(C)C)CC2)[nH]c2cc(Cl)ccc12)C(C)c1ccc(Cl)cc1. The molecule has 2 N–H and O–H groups in total. The lowest BCUT2D eigenvalue weighted by atomic mass is 9.94. The van der Waals surface area contributed by atoms with Crippen molar-refractivity contribution in [2.75, 3.05) is 36.4 Å². The number of halogens is 2. The summed E-state index contributed by atoms with van der Waals surface area (Å²) in [6, 6.07) is 27.0. The number of carbonyl (C=O) groups is 2. The Morgan fingerprint density at radius 3 is 2.27 bits per heavy atom. The molecule has 0 saturated carbocycles. The van der Waals surface area contributed by atoms with Crippen LogP contribution in [0, 0.1) is 5.41 Å². The highest BCUT2D eigenvalue weighted by molar-refractivity contribution is 6.31. The summed E-state index contributed by atoms with van der Waals surface area (Å²) in [6.45, 7) is 16.6. The smallest absolute Gasteiger partial charge is 0.272 e. The highest BCUT2D eigenvalue weighted by atomic mass is 35.5. The first-order valence-electron chi connectivity index (χ1n) is 17.4. The van der Waals surface area contributed by atoms with E-state index in [1.165, 1.54) is 0 Å². The summed E-state index contributed by atoms with van der Waals surface area (Å²) < 4.78 is 0. The first-order valence-corrected chi connectivity index (χ1v) is 18.2. The van der Waals surface area contributed by atoms with Crippen LogP contribution < -0.4 is 10.2 Å². The van der Waals surface area contributed by atoms with Gasteiger partial charge in [-0.05, 0) is 73.1 Å². The predicted octanol–water partition coefficient (Wildman–Crippen LogP) is 9.91. The number of H-pyrrole nitrogens is 1. The van der Waals surface area contributed by atoms with Crippen molar-refractivity contribution >= 4 is 68.7 Å². The fourth-order valence-electron chi connectivity index (χ4n) is 6.79. The lowest BCUT2D eigenvalue weighted by Gasteiger charge is -2.38. The van der Waals surface area contributed by atoms with E-state index < -0.39 is 5.41 Å². The largest absolute Gasteiger partial charge is 0.351 e. The van der Waals surface area contributed by atoms with E-state index in [4.69, 9.17) is 28.2 Å². The maximum absolute atomic E-state index is 14.7. The molecule has 1 aliphatic heterocycles. The first kappa shape index (κ1) is 36.7. The summed E-state index contributed by atoms with van der Waals surface area (Å²) >= 11 is 12.8. The Hall–Kier alpha value is -5.05. The van der Waals surface area contributed by atoms with Crippen molar-refractivity contribution in [3.05, 3.63) is 136 Å². The molecule has 268 valence electrons. The van der Waals surface area contributed by atoms with Gasteiger partial charge in [-0.15, -0.1) is 0 Å². The van der Waals surface area contributed by atoms with Crippen LogP contribution in [0.1, 0.15) is 67.8 Å². The van der Waals surface area contributed by atoms with E-state index in [0.717, 1.165) is 33.3 Å². The Kier molecular flexibility index (Phi) is 10.8. The van der Waals surface area contributed by atoms with Gasteiger partial charge < -0.3 is 25.0 Å². The Balaban J connectivity index is 1.44. The van der Waals surface area contributed by atoms with Gasteiger partial charge in [0.05, 0.1) is 17.4 Å². The van der Waals surface area contributed by atoms with Gasteiger partial charge >= 0.3 is 0 Å². The summed E-state index contributed by atoms with van der Waals surface area (Å²) in [7, 11) is 0. The summed E-state index contributed by atoms with van der Waals surface area (Å²) in [6.07, 6.45) is 3.53. The lowest BCUT2D eigenvalue weighted by molar-refractivity contribution is -0.139. The molecule has 1 fully saturated rings. The number of hydrogen-bond acceptors (Lipinski definition) is 5. The molecular weight excluding hydrogens is 691 g/mol. The van der Waals surface area contributed by atoms with Gasteiger partial charge in [-0.3, -0.25) is 9.59 Å². The van der Waals surface area contributed by atoms with Gasteiger partial charge in [-0.1, -0.05) is 99.1 Å². The molecule has 3 aromatic carbocycles. The number of benzene rings is 3. The third-order valence-electron chi connectivity index (χ3n) is 9.55. The quantitative estimate of drug-likeness (QED) is 0.158. The van der Waals surface area contributed by atoms with Crippen LogP contribution in [0.5, 0.6) is 0 Å². The molecule has 1 saturated heterocycles. The molecular formula is C42H44Cl2N6O2. The Labute approximate surface area is 315 Å². The Morgan fingerprint density at radius 2 is 1.62 bits per heavy atom. The van der Waals surface area contributed by atoms with E-state index in [2.05, 4.69) is 52.7 Å². The van der Waals surface area contributed by atoms with E-state index in [-0.39, 0.29) is 17.9 Å². The minimum absolute atomic E-state index is 0.127. The minimum atomic E-state index is -0.451. The summed E-state index contributed by atoms with van der Waals surface area (Å²) in [5.41, 5.74) is 5.73. The highest BCUT2D eigenvalue weighted by Gasteiger charge is 2.32. The van der Waals surface area contributed by atoms with Crippen LogP contribution in [0.2, 0.25) is 10.0 Å². The maximum atomic E-state index is 14.7. The van der Waals surface area contributed by atoms with Gasteiger partial charge in [0, 0.05) is 64.3 Å². The average molecular weight is 736 g/mol. The van der Waals surface area contributed by atoms with E-state index >= 15 is 0 Å². The van der Waals surface area contributed by atoms with Gasteiger partial charge in [0.15, 0.2) is 5.82 Å². The zero-order chi connectivity index (χ0) is 37.2. The number of piperazine rings is 1. The highest BCUT2D eigenvalue weighted by Crippen LogP contribution is 2.41. The molecule has 1 unspecified atom stereocenters. The number of nitrogens with one attached hydrogen (secondary N) is 2. The van der Waals surface area contributed by atoms with E-state index in [0.29, 0.717) is 59.0 Å². The normalized spacial score (nSPS) is 14.5. The van der Waals surface area contributed by atoms with Crippen LogP contribution in [0.3, 0.4) is 0 Å². The van der Waals surface area contributed by atoms with Crippen LogP contribution in [0.15, 0.2) is 104 Å². The number of allylic oxidation sites excluding steroid dienone is 1. The Bertz CT molecular complexity index is 2130. The average Bonchev–Trinajstić information content (AvgIpc) is 3.51. The molecule has 0 spiro atoms. The number of rotatable bonds is 9. The molecule has 2 amide bonds. The fraction of sp³-hybridized carbons (Fsp3) is 0.262. The van der Waals surface area contributed by atoms with Crippen molar-refractivity contribution in [1.29, 1.82) is 0 Å². The van der Waals surface area contributed by atoms with Gasteiger partial charge in [0.2, 0.25) is 5.91 Å². The molecule has 0 aliphatic carbocycles. The van der Waals surface area contributed by atoms with Crippen molar-refractivity contribution in [3.63, 3.8) is 0 Å². The van der Waals surface area contributed by atoms with Gasteiger partial charge in [0.25, 0.3) is 5.91 Å². The van der Waals surface area contributed by atoms with E-state index in [1.807, 2.05) is 98.5 Å². The standard InChI is InChI=1S/C42H44Cl2N6O2/c1-7-50(28(3)30-15-17-31(43)18-16-30)38(27(2)29-12-9-8-10-13-29)36-33-20-19-32(44)26-35(33)46-37(36)40(51)47-34-14-11-21-45-39(34)48-22-24-49(25-23-48)41(52)42(4,5)6/h7-21,26,28,46H,1,22-25H2,2-6H3,(H,47,51)/b38-27+. The summed E-state index contributed by atoms with van der Waals surface area (Å²) in [5.74, 6) is 0.445. The number of anilines is 2. The van der Waals surface area contributed by atoms with Gasteiger partial charge in [-0.25, -0.2) is 4.98 Å². The first-order chi connectivity index (χ1) is 24.9. The fourth-order valence-corrected chi connectivity index (χ4v) is 7.09. The predicted molar refractivity (Wildman–Crippen MR) is 215 cm³/mol. The van der Waals surface area contributed by atoms with Crippen molar-refractivity contribution < 1.29 is 9.59 Å². The Morgan fingerprint density at radius 1 is 0.942 bits per heavy atom. The molecule has 3 heterocycles. The van der Waals surface area contributed by atoms with Crippen LogP contribution in [-0.2, 0) is 4.79 Å². The summed E-state index contributed by atoms with van der Waals surface area (Å²) in [5, 5.41) is 5.22. The van der Waals surface area contributed by atoms with Crippen LogP contribution in [-0.4, -0.2) is 57.8 Å². The maximum Gasteiger partial charge on any atom is 0.272 e. The number of fused-ring (bicyclic) bond motifs is 1. The molecule has 1 atom stereocenters. The number of carbonyl (C=O) groups excluding carboxylic acids is 2. The van der Waals surface area contributed by atoms with Crippen molar-refractivity contribution in [2.45, 2.75) is 40.7 Å². The van der Waals surface area contributed by atoms with Crippen molar-refractivity contribution in [3.8, 4) is 0 Å². The molecule has 1 aliphatic rings. The monoisotopic (exact) mass is 734 g/mol. The molecule has 2 aromatic heterocycles. The number of pyridine rings is 1. The summed E-state index contributed by atoms with van der Waals surface area (Å²) in [4.78, 5) is 41.9. The third kappa shape index (κ3) is 7.59. The molecule has 10 heteroatoms. The molecule has 5 aromatic rings. The molecule has 52 heavy (non-hydrogen) atoms. The van der Waals surface area contributed by atoms with Gasteiger partial charge in [-0.2, -0.15) is 0 Å². The van der Waals surface area contributed by atoms with Crippen LogP contribution in [0.25, 0.3) is 22.2 Å². The van der Waals surface area contributed by atoms with E-state index in [1.54, 1.807) is 12.4 Å². The molecule has 0 radical (unpaired) electrons. The number of hydrogen-bond donors (Lipinski definition) is 2. The molecule has 0 bridgehead atoms. The second-order valence-electron chi connectivity index (χ2n) is 14.1. The topological polar surface area (TPSA) is 84.6 Å². The molecule has 6 rings (SSSR count). The second kappa shape index (κ2) is 15.3. The lowest BCUT2D eigenvalue weighted by Crippen LogP contribution is -2.52. The minimum Gasteiger partial charge on any atom is -0.351 e. The number of amides is 2. The van der Waals surface area contributed by atoms with Crippen LogP contribution >= 0.6 is 23.2 Å². The second-order valence-corrected chi connectivity index (χ2v) is 15.0. The zero-order valence-electron chi connectivity index (χ0n) is 30.2. The van der Waals surface area contributed by atoms with Crippen molar-refractivity contribution in [1.82, 2.24) is 19.8 Å². The van der Waals surface area contributed by atoms with Crippen molar-refractivity contribution in [2.24, 2.45) is 5.41 Å². The van der Waals surface area contributed by atoms with Gasteiger partial charge in [0.1, 0.15) is 5.69 Å².